The number of methoxy groups -OCH3 is 3. The Bertz CT molecular complexity index is 1280. The highest BCUT2D eigenvalue weighted by Crippen LogP contribution is 2.38. The van der Waals surface area contributed by atoms with Crippen molar-refractivity contribution in [3.8, 4) is 17.2 Å². The van der Waals surface area contributed by atoms with E-state index in [4.69, 9.17) is 19.3 Å². The van der Waals surface area contributed by atoms with Gasteiger partial charge in [0.05, 0.1) is 21.3 Å². The Hall–Kier alpha value is -4.11. The number of aliphatic hydroxyl groups excluding tert-OH is 2. The molecule has 3 rings (SSSR count). The van der Waals surface area contributed by atoms with Gasteiger partial charge >= 0.3 is 0 Å². The van der Waals surface area contributed by atoms with Crippen LogP contribution in [0.1, 0.15) is 48.2 Å². The number of benzene rings is 3. The van der Waals surface area contributed by atoms with E-state index in [0.29, 0.717) is 42.3 Å². The minimum absolute atomic E-state index is 0.0144. The first-order chi connectivity index (χ1) is 21.4. The van der Waals surface area contributed by atoms with Crippen LogP contribution in [0.15, 0.2) is 83.9 Å². The quantitative estimate of drug-likeness (QED) is 0.180. The van der Waals surface area contributed by atoms with E-state index in [0.717, 1.165) is 30.6 Å². The summed E-state index contributed by atoms with van der Waals surface area (Å²) in [6.07, 6.45) is 5.54. The lowest BCUT2D eigenvalue weighted by atomic mass is 10.1. The van der Waals surface area contributed by atoms with Crippen molar-refractivity contribution in [1.82, 2.24) is 10.2 Å². The van der Waals surface area contributed by atoms with Crippen molar-refractivity contribution < 1.29 is 29.2 Å². The van der Waals surface area contributed by atoms with E-state index in [1.807, 2.05) is 55.5 Å². The van der Waals surface area contributed by atoms with E-state index in [9.17, 15) is 9.90 Å². The standard InChI is InChI=1S/C23H29NO5.C13H19NO/c1-17(13-18-9-6-5-7-10-18)16-24(11-8-12-25)23(26)19-14-20(27-2)22(29-4)21(15-19)28-3;1-12(11-14-8-5-9-15)10-13-6-3-2-4-7-13/h5-7,9-10,13-15,25H,8,11-12,16H2,1-4H3;2-4,6-7,10,14-15H,5,8-9,11H2,1H3/b17-13+;12-10+. The van der Waals surface area contributed by atoms with Crippen molar-refractivity contribution in [3.05, 3.63) is 101 Å². The molecule has 0 aliphatic heterocycles. The van der Waals surface area contributed by atoms with Gasteiger partial charge in [0.15, 0.2) is 11.5 Å². The van der Waals surface area contributed by atoms with Crippen LogP contribution in [-0.2, 0) is 0 Å². The van der Waals surface area contributed by atoms with E-state index < -0.39 is 0 Å². The molecule has 0 radical (unpaired) electrons. The van der Waals surface area contributed by atoms with Gasteiger partial charge in [0.2, 0.25) is 5.75 Å². The normalized spacial score (nSPS) is 11.3. The van der Waals surface area contributed by atoms with Gasteiger partial charge in [0, 0.05) is 38.4 Å². The number of hydrogen-bond donors (Lipinski definition) is 3. The largest absolute Gasteiger partial charge is 0.493 e. The zero-order valence-corrected chi connectivity index (χ0v) is 26.7. The molecular formula is C36H48N2O6. The molecule has 0 saturated heterocycles. The summed E-state index contributed by atoms with van der Waals surface area (Å²) in [5, 5.41) is 21.2. The molecule has 44 heavy (non-hydrogen) atoms. The predicted octanol–water partition coefficient (Wildman–Crippen LogP) is 5.70. The number of rotatable bonds is 16. The summed E-state index contributed by atoms with van der Waals surface area (Å²) in [4.78, 5) is 15.0. The number of carbonyl (C=O) groups excluding carboxylic acids is 1. The monoisotopic (exact) mass is 604 g/mol. The van der Waals surface area contributed by atoms with Gasteiger partial charge in [0.1, 0.15) is 0 Å². The molecule has 0 unspecified atom stereocenters. The average molecular weight is 605 g/mol. The van der Waals surface area contributed by atoms with Gasteiger partial charge in [-0.3, -0.25) is 4.79 Å². The SMILES string of the molecule is C/C(=C\c1ccccc1)CNCCCO.COc1cc(C(=O)N(CCCO)C/C(C)=C/c2ccccc2)cc(OC)c1OC. The van der Waals surface area contributed by atoms with Crippen LogP contribution in [0, 0.1) is 0 Å². The van der Waals surface area contributed by atoms with Gasteiger partial charge < -0.3 is 34.6 Å². The van der Waals surface area contributed by atoms with Crippen molar-refractivity contribution in [2.45, 2.75) is 26.7 Å². The molecule has 3 N–H and O–H groups in total. The second-order valence-electron chi connectivity index (χ2n) is 10.3. The predicted molar refractivity (Wildman–Crippen MR) is 178 cm³/mol. The molecule has 0 atom stereocenters. The first kappa shape index (κ1) is 36.1. The zero-order valence-electron chi connectivity index (χ0n) is 26.7. The fraction of sp³-hybridized carbons (Fsp3) is 0.361. The van der Waals surface area contributed by atoms with Crippen LogP contribution in [0.2, 0.25) is 0 Å². The number of carbonyl (C=O) groups is 1. The first-order valence-corrected chi connectivity index (χ1v) is 14.8. The Morgan fingerprint density at radius 1 is 0.773 bits per heavy atom. The Kier molecular flexibility index (Phi) is 17.0. The van der Waals surface area contributed by atoms with Gasteiger partial charge in [0.25, 0.3) is 5.91 Å². The minimum Gasteiger partial charge on any atom is -0.493 e. The van der Waals surface area contributed by atoms with Gasteiger partial charge in [-0.15, -0.1) is 0 Å². The highest BCUT2D eigenvalue weighted by molar-refractivity contribution is 5.96. The summed E-state index contributed by atoms with van der Waals surface area (Å²) < 4.78 is 16.1. The van der Waals surface area contributed by atoms with Crippen molar-refractivity contribution in [2.75, 3.05) is 60.7 Å². The van der Waals surface area contributed by atoms with Crippen molar-refractivity contribution >= 4 is 18.1 Å². The molecule has 0 aliphatic rings. The van der Waals surface area contributed by atoms with Crippen LogP contribution in [-0.4, -0.2) is 81.7 Å². The number of amides is 1. The number of aliphatic hydroxyl groups is 2. The van der Waals surface area contributed by atoms with Crippen LogP contribution in [0.4, 0.5) is 0 Å². The molecule has 0 spiro atoms. The van der Waals surface area contributed by atoms with Crippen LogP contribution < -0.4 is 19.5 Å². The summed E-state index contributed by atoms with van der Waals surface area (Å²) in [6, 6.07) is 23.5. The van der Waals surface area contributed by atoms with Crippen molar-refractivity contribution in [3.63, 3.8) is 0 Å². The maximum atomic E-state index is 13.2. The van der Waals surface area contributed by atoms with Crippen molar-refractivity contribution in [2.24, 2.45) is 0 Å². The topological polar surface area (TPSA) is 100 Å². The minimum atomic E-state index is -0.168. The van der Waals surface area contributed by atoms with Gasteiger partial charge in [-0.2, -0.15) is 0 Å². The molecule has 0 saturated carbocycles. The lowest BCUT2D eigenvalue weighted by Gasteiger charge is -2.24. The molecule has 0 heterocycles. The number of hydrogen-bond acceptors (Lipinski definition) is 7. The Morgan fingerprint density at radius 2 is 1.30 bits per heavy atom. The molecular weight excluding hydrogens is 556 g/mol. The number of nitrogens with one attached hydrogen (secondary N) is 1. The van der Waals surface area contributed by atoms with E-state index in [-0.39, 0.29) is 19.1 Å². The van der Waals surface area contributed by atoms with Crippen molar-refractivity contribution in [1.29, 1.82) is 0 Å². The lowest BCUT2D eigenvalue weighted by Crippen LogP contribution is -2.34. The molecule has 3 aromatic rings. The summed E-state index contributed by atoms with van der Waals surface area (Å²) >= 11 is 0. The number of nitrogens with zero attached hydrogens (tertiary/aromatic N) is 1. The van der Waals surface area contributed by atoms with E-state index in [1.165, 1.54) is 32.5 Å². The molecule has 0 aliphatic carbocycles. The van der Waals surface area contributed by atoms with Gasteiger partial charge in [-0.05, 0) is 56.5 Å². The Balaban J connectivity index is 0.000000378. The molecule has 8 nitrogen and oxygen atoms in total. The summed E-state index contributed by atoms with van der Waals surface area (Å²) in [5.74, 6) is 1.12. The summed E-state index contributed by atoms with van der Waals surface area (Å²) in [6.45, 7) is 7.01. The lowest BCUT2D eigenvalue weighted by molar-refractivity contribution is 0.0759. The average Bonchev–Trinajstić information content (AvgIpc) is 3.05. The number of ether oxygens (including phenoxy) is 3. The first-order valence-electron chi connectivity index (χ1n) is 14.8. The fourth-order valence-electron chi connectivity index (χ4n) is 4.46. The van der Waals surface area contributed by atoms with Crippen LogP contribution in [0.5, 0.6) is 17.2 Å². The van der Waals surface area contributed by atoms with Gasteiger partial charge in [-0.25, -0.2) is 0 Å². The summed E-state index contributed by atoms with van der Waals surface area (Å²) in [5.41, 5.74) is 5.09. The Morgan fingerprint density at radius 3 is 1.77 bits per heavy atom. The smallest absolute Gasteiger partial charge is 0.254 e. The maximum Gasteiger partial charge on any atom is 0.254 e. The van der Waals surface area contributed by atoms with E-state index in [1.54, 1.807) is 17.0 Å². The molecule has 3 aromatic carbocycles. The molecule has 0 aromatic heterocycles. The van der Waals surface area contributed by atoms with Gasteiger partial charge in [-0.1, -0.05) is 84.0 Å². The third-order valence-electron chi connectivity index (χ3n) is 6.57. The zero-order chi connectivity index (χ0) is 32.2. The molecule has 1 amide bonds. The van der Waals surface area contributed by atoms with E-state index in [2.05, 4.69) is 36.5 Å². The highest BCUT2D eigenvalue weighted by Gasteiger charge is 2.21. The second kappa shape index (κ2) is 20.7. The summed E-state index contributed by atoms with van der Waals surface area (Å²) in [7, 11) is 4.55. The molecule has 0 bridgehead atoms. The van der Waals surface area contributed by atoms with E-state index >= 15 is 0 Å². The van der Waals surface area contributed by atoms with Crippen LogP contribution >= 0.6 is 0 Å². The Labute approximate surface area is 262 Å². The third-order valence-corrected chi connectivity index (χ3v) is 6.57. The fourth-order valence-corrected chi connectivity index (χ4v) is 4.46. The highest BCUT2D eigenvalue weighted by atomic mass is 16.5. The second-order valence-corrected chi connectivity index (χ2v) is 10.3. The molecule has 0 fully saturated rings. The molecule has 238 valence electrons. The molecule has 8 heteroatoms. The van der Waals surface area contributed by atoms with Crippen LogP contribution in [0.3, 0.4) is 0 Å². The third kappa shape index (κ3) is 12.6. The maximum absolute atomic E-state index is 13.2. The van der Waals surface area contributed by atoms with Crippen LogP contribution in [0.25, 0.3) is 12.2 Å².